The van der Waals surface area contributed by atoms with Crippen molar-refractivity contribution in [3.63, 3.8) is 0 Å². The SMILES string of the molecule is CN(Cc1ccn(-c2cccc(F)c2)n1)C1CCCN(c2ccccc2)C1=O. The predicted octanol–water partition coefficient (Wildman–Crippen LogP) is 3.64. The van der Waals surface area contributed by atoms with Gasteiger partial charge >= 0.3 is 0 Å². The van der Waals surface area contributed by atoms with E-state index in [1.807, 2.05) is 60.6 Å². The number of aromatic nitrogens is 2. The summed E-state index contributed by atoms with van der Waals surface area (Å²) in [7, 11) is 1.96. The van der Waals surface area contributed by atoms with E-state index in [-0.39, 0.29) is 17.8 Å². The van der Waals surface area contributed by atoms with Crippen LogP contribution in [-0.4, -0.2) is 40.2 Å². The van der Waals surface area contributed by atoms with Gasteiger partial charge in [-0.1, -0.05) is 24.3 Å². The first-order valence-corrected chi connectivity index (χ1v) is 9.49. The second kappa shape index (κ2) is 7.94. The number of hydrogen-bond acceptors (Lipinski definition) is 3. The fourth-order valence-corrected chi connectivity index (χ4v) is 3.70. The fraction of sp³-hybridized carbons (Fsp3) is 0.273. The Balaban J connectivity index is 1.46. The zero-order chi connectivity index (χ0) is 19.5. The Kier molecular flexibility index (Phi) is 5.21. The van der Waals surface area contributed by atoms with Crippen molar-refractivity contribution in [3.05, 3.63) is 78.4 Å². The van der Waals surface area contributed by atoms with Crippen LogP contribution in [-0.2, 0) is 11.3 Å². The fourth-order valence-electron chi connectivity index (χ4n) is 3.70. The quantitative estimate of drug-likeness (QED) is 0.681. The second-order valence-electron chi connectivity index (χ2n) is 7.13. The zero-order valence-corrected chi connectivity index (χ0v) is 15.8. The standard InChI is InChI=1S/C22H23FN4O/c1-25(16-18-12-14-27(24-18)20-10-5-7-17(23)15-20)21-11-6-13-26(22(21)28)19-8-3-2-4-9-19/h2-5,7-10,12,14-15,21H,6,11,13,16H2,1H3. The monoisotopic (exact) mass is 378 g/mol. The number of carbonyl (C=O) groups excluding carboxylic acids is 1. The second-order valence-corrected chi connectivity index (χ2v) is 7.13. The van der Waals surface area contributed by atoms with Gasteiger partial charge in [0.05, 0.1) is 17.4 Å². The van der Waals surface area contributed by atoms with E-state index < -0.39 is 0 Å². The third-order valence-corrected chi connectivity index (χ3v) is 5.14. The van der Waals surface area contributed by atoms with Crippen LogP contribution >= 0.6 is 0 Å². The van der Waals surface area contributed by atoms with Gasteiger partial charge < -0.3 is 4.90 Å². The molecular weight excluding hydrogens is 355 g/mol. The van der Waals surface area contributed by atoms with Gasteiger partial charge in [0.1, 0.15) is 5.82 Å². The van der Waals surface area contributed by atoms with Crippen LogP contribution in [0.5, 0.6) is 0 Å². The Morgan fingerprint density at radius 1 is 1.11 bits per heavy atom. The summed E-state index contributed by atoms with van der Waals surface area (Å²) in [5.41, 5.74) is 2.47. The molecule has 5 nitrogen and oxygen atoms in total. The molecule has 0 bridgehead atoms. The lowest BCUT2D eigenvalue weighted by Gasteiger charge is -2.36. The summed E-state index contributed by atoms with van der Waals surface area (Å²) in [6, 6.07) is 17.9. The molecule has 0 saturated carbocycles. The van der Waals surface area contributed by atoms with Gasteiger partial charge in [-0.2, -0.15) is 5.10 Å². The molecule has 144 valence electrons. The number of benzene rings is 2. The molecule has 2 heterocycles. The lowest BCUT2D eigenvalue weighted by molar-refractivity contribution is -0.125. The summed E-state index contributed by atoms with van der Waals surface area (Å²) < 4.78 is 15.1. The molecule has 0 radical (unpaired) electrons. The van der Waals surface area contributed by atoms with Crippen LogP contribution < -0.4 is 4.90 Å². The maximum absolute atomic E-state index is 13.4. The van der Waals surface area contributed by atoms with Crippen LogP contribution in [0.3, 0.4) is 0 Å². The van der Waals surface area contributed by atoms with E-state index >= 15 is 0 Å². The van der Waals surface area contributed by atoms with E-state index in [1.165, 1.54) is 12.1 Å². The van der Waals surface area contributed by atoms with Gasteiger partial charge in [0.15, 0.2) is 0 Å². The molecule has 1 fully saturated rings. The van der Waals surface area contributed by atoms with Crippen molar-refractivity contribution in [2.45, 2.75) is 25.4 Å². The van der Waals surface area contributed by atoms with Gasteiger partial charge in [0, 0.05) is 25.0 Å². The molecule has 1 atom stereocenters. The zero-order valence-electron chi connectivity index (χ0n) is 15.8. The van der Waals surface area contributed by atoms with Gasteiger partial charge in [-0.3, -0.25) is 9.69 Å². The van der Waals surface area contributed by atoms with Gasteiger partial charge in [0.25, 0.3) is 0 Å². The highest BCUT2D eigenvalue weighted by Gasteiger charge is 2.32. The normalized spacial score (nSPS) is 17.3. The summed E-state index contributed by atoms with van der Waals surface area (Å²) in [5.74, 6) is -0.162. The molecule has 4 rings (SSSR count). The maximum Gasteiger partial charge on any atom is 0.244 e. The van der Waals surface area contributed by atoms with Crippen LogP contribution in [0.15, 0.2) is 66.9 Å². The highest BCUT2D eigenvalue weighted by molar-refractivity contribution is 5.97. The van der Waals surface area contributed by atoms with Crippen LogP contribution in [0.2, 0.25) is 0 Å². The summed E-state index contributed by atoms with van der Waals surface area (Å²) in [4.78, 5) is 17.0. The van der Waals surface area contributed by atoms with Crippen molar-refractivity contribution in [3.8, 4) is 5.69 Å². The molecule has 0 spiro atoms. The Morgan fingerprint density at radius 3 is 2.68 bits per heavy atom. The molecule has 2 aromatic carbocycles. The minimum Gasteiger partial charge on any atom is -0.311 e. The molecule has 28 heavy (non-hydrogen) atoms. The molecule has 0 N–H and O–H groups in total. The lowest BCUT2D eigenvalue weighted by atomic mass is 10.0. The third-order valence-electron chi connectivity index (χ3n) is 5.14. The number of hydrogen-bond donors (Lipinski definition) is 0. The largest absolute Gasteiger partial charge is 0.311 e. The smallest absolute Gasteiger partial charge is 0.244 e. The first kappa shape index (κ1) is 18.4. The van der Waals surface area contributed by atoms with Crippen LogP contribution in [0.4, 0.5) is 10.1 Å². The van der Waals surface area contributed by atoms with Crippen molar-refractivity contribution in [2.24, 2.45) is 0 Å². The van der Waals surface area contributed by atoms with E-state index in [0.29, 0.717) is 12.2 Å². The van der Waals surface area contributed by atoms with Crippen LogP contribution in [0.1, 0.15) is 18.5 Å². The number of para-hydroxylation sites is 1. The van der Waals surface area contributed by atoms with Gasteiger partial charge in [-0.25, -0.2) is 9.07 Å². The van der Waals surface area contributed by atoms with E-state index in [0.717, 1.165) is 30.8 Å². The number of likely N-dealkylation sites (N-methyl/N-ethyl adjacent to an activating group) is 1. The van der Waals surface area contributed by atoms with E-state index in [1.54, 1.807) is 10.7 Å². The van der Waals surface area contributed by atoms with Crippen molar-refractivity contribution in [2.75, 3.05) is 18.5 Å². The number of carbonyl (C=O) groups is 1. The first-order valence-electron chi connectivity index (χ1n) is 9.49. The number of rotatable bonds is 5. The van der Waals surface area contributed by atoms with Crippen molar-refractivity contribution in [1.82, 2.24) is 14.7 Å². The summed E-state index contributed by atoms with van der Waals surface area (Å²) in [6.45, 7) is 1.31. The lowest BCUT2D eigenvalue weighted by Crippen LogP contribution is -2.51. The molecule has 1 saturated heterocycles. The Labute approximate surface area is 164 Å². The average molecular weight is 378 g/mol. The molecule has 1 aromatic heterocycles. The van der Waals surface area contributed by atoms with E-state index in [9.17, 15) is 9.18 Å². The van der Waals surface area contributed by atoms with Crippen molar-refractivity contribution in [1.29, 1.82) is 0 Å². The first-order chi connectivity index (χ1) is 13.6. The maximum atomic E-state index is 13.4. The summed E-state index contributed by atoms with van der Waals surface area (Å²) >= 11 is 0. The van der Waals surface area contributed by atoms with Gasteiger partial charge in [0.2, 0.25) is 5.91 Å². The molecule has 3 aromatic rings. The van der Waals surface area contributed by atoms with Crippen molar-refractivity contribution < 1.29 is 9.18 Å². The van der Waals surface area contributed by atoms with E-state index in [4.69, 9.17) is 0 Å². The number of piperidine rings is 1. The summed E-state index contributed by atoms with van der Waals surface area (Å²) in [5, 5.41) is 4.54. The topological polar surface area (TPSA) is 41.4 Å². The Morgan fingerprint density at radius 2 is 1.89 bits per heavy atom. The third kappa shape index (κ3) is 3.82. The molecule has 1 unspecified atom stereocenters. The summed E-state index contributed by atoms with van der Waals surface area (Å²) in [6.07, 6.45) is 3.62. The molecule has 1 amide bonds. The van der Waals surface area contributed by atoms with Gasteiger partial charge in [-0.05, 0) is 56.3 Å². The molecule has 1 aliphatic heterocycles. The van der Waals surface area contributed by atoms with Crippen LogP contribution in [0.25, 0.3) is 5.69 Å². The van der Waals surface area contributed by atoms with Crippen molar-refractivity contribution >= 4 is 11.6 Å². The van der Waals surface area contributed by atoms with Crippen LogP contribution in [0, 0.1) is 5.82 Å². The molecule has 1 aliphatic rings. The predicted molar refractivity (Wildman–Crippen MR) is 107 cm³/mol. The number of halogens is 1. The minimum absolute atomic E-state index is 0.129. The Bertz CT molecular complexity index is 956. The number of nitrogens with zero attached hydrogens (tertiary/aromatic N) is 4. The minimum atomic E-state index is -0.291. The molecular formula is C22H23FN4O. The van der Waals surface area contributed by atoms with E-state index in [2.05, 4.69) is 10.00 Å². The average Bonchev–Trinajstić information content (AvgIpc) is 3.17. The number of amides is 1. The molecule has 6 heteroatoms. The highest BCUT2D eigenvalue weighted by Crippen LogP contribution is 2.24. The molecule has 0 aliphatic carbocycles. The Hall–Kier alpha value is -2.99. The highest BCUT2D eigenvalue weighted by atomic mass is 19.1. The number of anilines is 1. The van der Waals surface area contributed by atoms with Gasteiger partial charge in [-0.15, -0.1) is 0 Å².